The lowest BCUT2D eigenvalue weighted by atomic mass is 9.82. The Balaban J connectivity index is 1.77. The van der Waals surface area contributed by atoms with Crippen LogP contribution in [-0.4, -0.2) is 34.9 Å². The van der Waals surface area contributed by atoms with Gasteiger partial charge in [-0.25, -0.2) is 0 Å². The summed E-state index contributed by atoms with van der Waals surface area (Å²) in [4.78, 5) is 20.8. The lowest BCUT2D eigenvalue weighted by molar-refractivity contribution is 0.151. The van der Waals surface area contributed by atoms with Gasteiger partial charge in [0.25, 0.3) is 5.56 Å². The normalized spacial score (nSPS) is 25.2. The Hall–Kier alpha value is -1.76. The third kappa shape index (κ3) is 3.04. The monoisotopic (exact) mass is 307 g/mol. The Morgan fingerprint density at radius 3 is 2.68 bits per heavy atom. The molecule has 1 saturated carbocycles. The Labute approximate surface area is 129 Å². The van der Waals surface area contributed by atoms with Crippen LogP contribution >= 0.6 is 0 Å². The second kappa shape index (κ2) is 6.56. The number of nitrogens with zero attached hydrogens (tertiary/aromatic N) is 2. The number of aromatic amines is 1. The van der Waals surface area contributed by atoms with Crippen molar-refractivity contribution in [3.8, 4) is 0 Å². The number of fused-ring (bicyclic) bond motifs is 1. The van der Waals surface area contributed by atoms with Crippen LogP contribution in [0.1, 0.15) is 38.5 Å². The van der Waals surface area contributed by atoms with Crippen LogP contribution in [-0.2, 0) is 0 Å². The van der Waals surface area contributed by atoms with Crippen LogP contribution in [0.5, 0.6) is 0 Å². The minimum atomic E-state index is -0.221. The molecule has 0 spiro atoms. The summed E-state index contributed by atoms with van der Waals surface area (Å²) in [6.45, 7) is 1.62. The molecule has 0 aromatic carbocycles. The molecule has 0 bridgehead atoms. The van der Waals surface area contributed by atoms with Crippen molar-refractivity contribution in [2.24, 2.45) is 11.8 Å². The smallest absolute Gasteiger partial charge is 0.277 e. The van der Waals surface area contributed by atoms with Gasteiger partial charge < -0.3 is 21.1 Å². The average molecular weight is 307 g/mol. The second-order valence-corrected chi connectivity index (χ2v) is 6.40. The van der Waals surface area contributed by atoms with Gasteiger partial charge in [-0.05, 0) is 24.7 Å². The maximum absolute atomic E-state index is 11.9. The van der Waals surface area contributed by atoms with Gasteiger partial charge in [0.2, 0.25) is 5.95 Å². The topological polar surface area (TPSA) is 107 Å². The van der Waals surface area contributed by atoms with Crippen molar-refractivity contribution < 1.29 is 5.11 Å². The lowest BCUT2D eigenvalue weighted by Gasteiger charge is -2.31. The van der Waals surface area contributed by atoms with E-state index in [1.54, 1.807) is 0 Å². The predicted octanol–water partition coefficient (Wildman–Crippen LogP) is 1.12. The molecule has 7 heteroatoms. The van der Waals surface area contributed by atoms with E-state index in [-0.39, 0.29) is 18.1 Å². The first-order valence-electron chi connectivity index (χ1n) is 8.18. The van der Waals surface area contributed by atoms with E-state index in [0.29, 0.717) is 30.0 Å². The highest BCUT2D eigenvalue weighted by Gasteiger charge is 2.29. The van der Waals surface area contributed by atoms with Gasteiger partial charge in [0.05, 0.1) is 6.67 Å². The fourth-order valence-electron chi connectivity index (χ4n) is 3.67. The number of aromatic nitrogens is 2. The van der Waals surface area contributed by atoms with Crippen molar-refractivity contribution in [1.82, 2.24) is 9.97 Å². The van der Waals surface area contributed by atoms with Crippen LogP contribution in [0.4, 0.5) is 17.5 Å². The molecule has 2 atom stereocenters. The molecule has 122 valence electrons. The van der Waals surface area contributed by atoms with Crippen LogP contribution in [0, 0.1) is 11.8 Å². The minimum Gasteiger partial charge on any atom is -0.396 e. The van der Waals surface area contributed by atoms with Gasteiger partial charge in [-0.1, -0.05) is 25.7 Å². The van der Waals surface area contributed by atoms with E-state index in [2.05, 4.69) is 20.2 Å². The van der Waals surface area contributed by atoms with E-state index in [1.807, 2.05) is 0 Å². The van der Waals surface area contributed by atoms with E-state index in [1.165, 1.54) is 25.7 Å². The number of rotatable bonds is 3. The maximum Gasteiger partial charge on any atom is 0.277 e. The molecular formula is C15H25N5O2. The Kier molecular flexibility index (Phi) is 4.52. The number of anilines is 3. The molecule has 1 aliphatic carbocycles. The summed E-state index contributed by atoms with van der Waals surface area (Å²) in [5.74, 6) is 1.55. The highest BCUT2D eigenvalue weighted by molar-refractivity contribution is 5.70. The van der Waals surface area contributed by atoms with Gasteiger partial charge in [0.15, 0.2) is 5.82 Å². The minimum absolute atomic E-state index is 0.147. The van der Waals surface area contributed by atoms with Crippen molar-refractivity contribution in [2.45, 2.75) is 38.5 Å². The SMILES string of the molecule is Nc1nc2c(c(=O)[nH]1)NCN2CC1CCCCCCC1CO. The molecule has 1 aromatic rings. The summed E-state index contributed by atoms with van der Waals surface area (Å²) < 4.78 is 0. The third-order valence-electron chi connectivity index (χ3n) is 4.92. The molecule has 2 aliphatic rings. The highest BCUT2D eigenvalue weighted by Crippen LogP contribution is 2.32. The molecule has 0 amide bonds. The molecule has 1 aromatic heterocycles. The number of aliphatic hydroxyl groups is 1. The van der Waals surface area contributed by atoms with Crippen molar-refractivity contribution >= 4 is 17.5 Å². The summed E-state index contributed by atoms with van der Waals surface area (Å²) in [7, 11) is 0. The van der Waals surface area contributed by atoms with Crippen LogP contribution in [0.3, 0.4) is 0 Å². The average Bonchev–Trinajstić information content (AvgIpc) is 2.85. The number of hydrogen-bond acceptors (Lipinski definition) is 6. The summed E-state index contributed by atoms with van der Waals surface area (Å²) >= 11 is 0. The molecule has 0 saturated heterocycles. The zero-order valence-corrected chi connectivity index (χ0v) is 12.8. The molecule has 22 heavy (non-hydrogen) atoms. The van der Waals surface area contributed by atoms with Crippen LogP contribution in [0.15, 0.2) is 4.79 Å². The molecule has 3 rings (SSSR count). The van der Waals surface area contributed by atoms with Crippen molar-refractivity contribution in [2.75, 3.05) is 35.8 Å². The summed E-state index contributed by atoms with van der Waals surface area (Å²) in [6, 6.07) is 0. The van der Waals surface area contributed by atoms with E-state index < -0.39 is 0 Å². The van der Waals surface area contributed by atoms with Gasteiger partial charge in [-0.15, -0.1) is 0 Å². The molecule has 2 unspecified atom stereocenters. The second-order valence-electron chi connectivity index (χ2n) is 6.40. The first kappa shape index (κ1) is 15.1. The van der Waals surface area contributed by atoms with E-state index in [9.17, 15) is 9.90 Å². The van der Waals surface area contributed by atoms with Gasteiger partial charge in [-0.3, -0.25) is 9.78 Å². The van der Waals surface area contributed by atoms with Gasteiger partial charge in [0, 0.05) is 13.2 Å². The zero-order valence-electron chi connectivity index (χ0n) is 12.8. The fraction of sp³-hybridized carbons (Fsp3) is 0.733. The Bertz CT molecular complexity index is 574. The van der Waals surface area contributed by atoms with Crippen LogP contribution < -0.4 is 21.5 Å². The molecule has 7 nitrogen and oxygen atoms in total. The first-order chi connectivity index (χ1) is 10.7. The van der Waals surface area contributed by atoms with Gasteiger partial charge in [0.1, 0.15) is 5.69 Å². The van der Waals surface area contributed by atoms with E-state index in [4.69, 9.17) is 5.73 Å². The maximum atomic E-state index is 11.9. The third-order valence-corrected chi connectivity index (χ3v) is 4.92. The molecule has 1 fully saturated rings. The van der Waals surface area contributed by atoms with Crippen LogP contribution in [0.2, 0.25) is 0 Å². The summed E-state index contributed by atoms with van der Waals surface area (Å²) in [5.41, 5.74) is 5.94. The summed E-state index contributed by atoms with van der Waals surface area (Å²) in [5, 5.41) is 12.8. The van der Waals surface area contributed by atoms with Crippen molar-refractivity contribution in [1.29, 1.82) is 0 Å². The van der Waals surface area contributed by atoms with Gasteiger partial charge in [-0.2, -0.15) is 4.98 Å². The number of nitrogen functional groups attached to an aromatic ring is 1. The first-order valence-corrected chi connectivity index (χ1v) is 8.18. The van der Waals surface area contributed by atoms with Crippen molar-refractivity contribution in [3.05, 3.63) is 10.4 Å². The predicted molar refractivity (Wildman–Crippen MR) is 86.9 cm³/mol. The molecule has 5 N–H and O–H groups in total. The number of aliphatic hydroxyl groups excluding tert-OH is 1. The standard InChI is InChI=1S/C15H25N5O2/c16-15-18-13-12(14(22)19-15)17-9-20(13)7-10-5-3-1-2-4-6-11(10)8-21/h10-11,17,21H,1-9H2,(H3,16,18,19,22). The molecular weight excluding hydrogens is 282 g/mol. The highest BCUT2D eigenvalue weighted by atomic mass is 16.3. The summed E-state index contributed by atoms with van der Waals surface area (Å²) in [6.07, 6.45) is 7.15. The Morgan fingerprint density at radius 2 is 1.95 bits per heavy atom. The van der Waals surface area contributed by atoms with Gasteiger partial charge >= 0.3 is 0 Å². The van der Waals surface area contributed by atoms with Crippen LogP contribution in [0.25, 0.3) is 0 Å². The van der Waals surface area contributed by atoms with E-state index >= 15 is 0 Å². The molecule has 2 heterocycles. The number of nitrogens with two attached hydrogens (primary N) is 1. The largest absolute Gasteiger partial charge is 0.396 e. The fourth-order valence-corrected chi connectivity index (χ4v) is 3.67. The number of hydrogen-bond donors (Lipinski definition) is 4. The van der Waals surface area contributed by atoms with Crippen molar-refractivity contribution in [3.63, 3.8) is 0 Å². The molecule has 1 aliphatic heterocycles. The quantitative estimate of drug-likeness (QED) is 0.666. The van der Waals surface area contributed by atoms with E-state index in [0.717, 1.165) is 19.4 Å². The lowest BCUT2D eigenvalue weighted by Crippen LogP contribution is -2.35. The Morgan fingerprint density at radius 1 is 1.23 bits per heavy atom. The number of H-pyrrole nitrogens is 1. The zero-order chi connectivity index (χ0) is 15.5. The molecule has 0 radical (unpaired) electrons. The number of nitrogens with one attached hydrogen (secondary N) is 2.